The molecule has 2 rings (SSSR count). The van der Waals surface area contributed by atoms with E-state index in [1.807, 2.05) is 44.2 Å². The molecule has 0 saturated heterocycles. The van der Waals surface area contributed by atoms with Crippen LogP contribution in [0, 0.1) is 13.8 Å². The van der Waals surface area contributed by atoms with Gasteiger partial charge in [0.05, 0.1) is 19.1 Å². The number of ether oxygens (including phenoxy) is 1. The van der Waals surface area contributed by atoms with Crippen molar-refractivity contribution < 1.29 is 17.9 Å². The first-order valence-corrected chi connectivity index (χ1v) is 11.5. The standard InChI is InChI=1S/C22H30N2O4S/c1-16-12-13-20(15-17(16)2)24(29(5,26)27)18(3)22(25)23-14-8-10-19-9-6-7-11-21(19)28-4/h6-7,9,11-13,15,18H,8,10,14H2,1-5H3,(H,23,25)/t18-/m1/s1. The fourth-order valence-corrected chi connectivity index (χ4v) is 4.39. The van der Waals surface area contributed by atoms with Crippen LogP contribution in [0.2, 0.25) is 0 Å². The molecule has 0 aromatic heterocycles. The molecule has 0 fully saturated rings. The molecule has 0 bridgehead atoms. The number of carbonyl (C=O) groups excluding carboxylic acids is 1. The Morgan fingerprint density at radius 2 is 1.83 bits per heavy atom. The molecule has 0 saturated carbocycles. The van der Waals surface area contributed by atoms with E-state index in [0.29, 0.717) is 12.2 Å². The number of nitrogens with one attached hydrogen (secondary N) is 1. The number of amides is 1. The fraction of sp³-hybridized carbons (Fsp3) is 0.409. The minimum Gasteiger partial charge on any atom is -0.496 e. The molecule has 2 aromatic carbocycles. The average Bonchev–Trinajstić information content (AvgIpc) is 2.67. The number of anilines is 1. The Hall–Kier alpha value is -2.54. The zero-order valence-electron chi connectivity index (χ0n) is 17.7. The summed E-state index contributed by atoms with van der Waals surface area (Å²) in [5, 5.41) is 2.85. The lowest BCUT2D eigenvalue weighted by Gasteiger charge is -2.28. The normalized spacial score (nSPS) is 12.3. The van der Waals surface area contributed by atoms with Gasteiger partial charge < -0.3 is 10.1 Å². The van der Waals surface area contributed by atoms with Crippen LogP contribution in [0.5, 0.6) is 5.75 Å². The smallest absolute Gasteiger partial charge is 0.243 e. The summed E-state index contributed by atoms with van der Waals surface area (Å²) in [7, 11) is -1.98. The lowest BCUT2D eigenvalue weighted by Crippen LogP contribution is -2.48. The Balaban J connectivity index is 2.03. The number of methoxy groups -OCH3 is 1. The van der Waals surface area contributed by atoms with Gasteiger partial charge in [-0.2, -0.15) is 0 Å². The lowest BCUT2D eigenvalue weighted by molar-refractivity contribution is -0.121. The molecule has 1 atom stereocenters. The highest BCUT2D eigenvalue weighted by atomic mass is 32.2. The summed E-state index contributed by atoms with van der Waals surface area (Å²) < 4.78 is 31.3. The van der Waals surface area contributed by atoms with Crippen LogP contribution in [0.15, 0.2) is 42.5 Å². The molecule has 0 heterocycles. The van der Waals surface area contributed by atoms with Crippen LogP contribution in [-0.4, -0.2) is 40.3 Å². The number of benzene rings is 2. The Bertz CT molecular complexity index is 957. The van der Waals surface area contributed by atoms with Gasteiger partial charge in [0.1, 0.15) is 11.8 Å². The minimum atomic E-state index is -3.62. The Morgan fingerprint density at radius 3 is 2.45 bits per heavy atom. The number of para-hydroxylation sites is 1. The van der Waals surface area contributed by atoms with E-state index in [-0.39, 0.29) is 5.91 Å². The first-order valence-electron chi connectivity index (χ1n) is 9.61. The van der Waals surface area contributed by atoms with Crippen molar-refractivity contribution in [3.63, 3.8) is 0 Å². The second-order valence-electron chi connectivity index (χ2n) is 7.21. The summed E-state index contributed by atoms with van der Waals surface area (Å²) in [6, 6.07) is 12.3. The fourth-order valence-electron chi connectivity index (χ4n) is 3.22. The van der Waals surface area contributed by atoms with Crippen LogP contribution in [0.3, 0.4) is 0 Å². The molecule has 29 heavy (non-hydrogen) atoms. The summed E-state index contributed by atoms with van der Waals surface area (Å²) in [6.07, 6.45) is 2.60. The predicted molar refractivity (Wildman–Crippen MR) is 117 cm³/mol. The number of hydrogen-bond acceptors (Lipinski definition) is 4. The van der Waals surface area contributed by atoms with Crippen molar-refractivity contribution in [3.8, 4) is 5.75 Å². The molecule has 0 spiro atoms. The molecular weight excluding hydrogens is 388 g/mol. The number of nitrogens with zero attached hydrogens (tertiary/aromatic N) is 1. The number of hydrogen-bond donors (Lipinski definition) is 1. The highest BCUT2D eigenvalue weighted by Crippen LogP contribution is 2.24. The molecule has 0 aliphatic heterocycles. The molecule has 1 amide bonds. The number of aryl methyl sites for hydroxylation is 3. The van der Waals surface area contributed by atoms with E-state index in [0.717, 1.165) is 41.5 Å². The maximum Gasteiger partial charge on any atom is 0.243 e. The zero-order chi connectivity index (χ0) is 21.6. The Kier molecular flexibility index (Phi) is 7.67. The van der Waals surface area contributed by atoms with Gasteiger partial charge in [-0.1, -0.05) is 24.3 Å². The number of carbonyl (C=O) groups is 1. The second kappa shape index (κ2) is 9.78. The van der Waals surface area contributed by atoms with Gasteiger partial charge in [0, 0.05) is 6.54 Å². The lowest BCUT2D eigenvalue weighted by atomic mass is 10.1. The third-order valence-corrected chi connectivity index (χ3v) is 6.19. The highest BCUT2D eigenvalue weighted by molar-refractivity contribution is 7.92. The first-order chi connectivity index (χ1) is 13.6. The van der Waals surface area contributed by atoms with Crippen molar-refractivity contribution in [2.75, 3.05) is 24.2 Å². The van der Waals surface area contributed by atoms with Crippen LogP contribution in [-0.2, 0) is 21.2 Å². The van der Waals surface area contributed by atoms with E-state index < -0.39 is 16.1 Å². The van der Waals surface area contributed by atoms with Gasteiger partial charge in [0.15, 0.2) is 0 Å². The van der Waals surface area contributed by atoms with Crippen LogP contribution in [0.25, 0.3) is 0 Å². The Morgan fingerprint density at radius 1 is 1.14 bits per heavy atom. The molecule has 6 nitrogen and oxygen atoms in total. The molecular formula is C22H30N2O4S. The van der Waals surface area contributed by atoms with Crippen molar-refractivity contribution in [1.29, 1.82) is 0 Å². The molecule has 0 aliphatic rings. The van der Waals surface area contributed by atoms with Crippen LogP contribution in [0.4, 0.5) is 5.69 Å². The summed E-state index contributed by atoms with van der Waals surface area (Å²) in [5.41, 5.74) is 3.61. The largest absolute Gasteiger partial charge is 0.496 e. The van der Waals surface area contributed by atoms with E-state index in [4.69, 9.17) is 4.74 Å². The van der Waals surface area contributed by atoms with Crippen molar-refractivity contribution in [3.05, 3.63) is 59.2 Å². The van der Waals surface area contributed by atoms with Crippen molar-refractivity contribution >= 4 is 21.6 Å². The quantitative estimate of drug-likeness (QED) is 0.635. The third-order valence-electron chi connectivity index (χ3n) is 4.95. The van der Waals surface area contributed by atoms with Gasteiger partial charge in [0.25, 0.3) is 0 Å². The molecule has 0 radical (unpaired) electrons. The van der Waals surface area contributed by atoms with Gasteiger partial charge >= 0.3 is 0 Å². The van der Waals surface area contributed by atoms with Crippen molar-refractivity contribution in [1.82, 2.24) is 5.32 Å². The predicted octanol–water partition coefficient (Wildman–Crippen LogP) is 3.22. The number of rotatable bonds is 9. The van der Waals surface area contributed by atoms with E-state index in [1.165, 1.54) is 4.31 Å². The van der Waals surface area contributed by atoms with E-state index in [2.05, 4.69) is 5.32 Å². The SMILES string of the molecule is COc1ccccc1CCCNC(=O)[C@@H](C)N(c1ccc(C)c(C)c1)S(C)(=O)=O. The van der Waals surface area contributed by atoms with Crippen molar-refractivity contribution in [2.24, 2.45) is 0 Å². The number of sulfonamides is 1. The first kappa shape index (κ1) is 22.7. The molecule has 7 heteroatoms. The van der Waals surface area contributed by atoms with Crippen LogP contribution < -0.4 is 14.4 Å². The molecule has 0 unspecified atom stereocenters. The van der Waals surface area contributed by atoms with Crippen molar-refractivity contribution in [2.45, 2.75) is 39.7 Å². The van der Waals surface area contributed by atoms with Crippen LogP contribution in [0.1, 0.15) is 30.0 Å². The molecule has 2 aromatic rings. The van der Waals surface area contributed by atoms with Gasteiger partial charge in [-0.15, -0.1) is 0 Å². The summed E-state index contributed by atoms with van der Waals surface area (Å²) in [4.78, 5) is 12.6. The zero-order valence-corrected chi connectivity index (χ0v) is 18.5. The topological polar surface area (TPSA) is 75.7 Å². The van der Waals surface area contributed by atoms with Gasteiger partial charge in [-0.3, -0.25) is 9.10 Å². The van der Waals surface area contributed by atoms with Crippen LogP contribution >= 0.6 is 0 Å². The summed E-state index contributed by atoms with van der Waals surface area (Å²) >= 11 is 0. The monoisotopic (exact) mass is 418 g/mol. The van der Waals surface area contributed by atoms with E-state index in [1.54, 1.807) is 26.2 Å². The highest BCUT2D eigenvalue weighted by Gasteiger charge is 2.29. The Labute approximate surface area is 173 Å². The summed E-state index contributed by atoms with van der Waals surface area (Å²) in [6.45, 7) is 5.93. The molecule has 1 N–H and O–H groups in total. The summed E-state index contributed by atoms with van der Waals surface area (Å²) in [5.74, 6) is 0.499. The third kappa shape index (κ3) is 5.97. The van der Waals surface area contributed by atoms with E-state index >= 15 is 0 Å². The van der Waals surface area contributed by atoms with Gasteiger partial charge in [0.2, 0.25) is 15.9 Å². The average molecular weight is 419 g/mol. The van der Waals surface area contributed by atoms with Gasteiger partial charge in [-0.25, -0.2) is 8.42 Å². The second-order valence-corrected chi connectivity index (χ2v) is 9.07. The molecule has 158 valence electrons. The maximum atomic E-state index is 12.6. The van der Waals surface area contributed by atoms with Gasteiger partial charge in [-0.05, 0) is 68.5 Å². The van der Waals surface area contributed by atoms with E-state index in [9.17, 15) is 13.2 Å². The molecule has 0 aliphatic carbocycles. The minimum absolute atomic E-state index is 0.325. The maximum absolute atomic E-state index is 12.6.